The molecule has 3 rings (SSSR count). The van der Waals surface area contributed by atoms with Crippen molar-refractivity contribution in [1.82, 2.24) is 10.9 Å². The van der Waals surface area contributed by atoms with Crippen molar-refractivity contribution in [3.8, 4) is 17.2 Å². The van der Waals surface area contributed by atoms with Gasteiger partial charge in [-0.25, -0.2) is 4.79 Å². The van der Waals surface area contributed by atoms with Gasteiger partial charge in [-0.2, -0.15) is 0 Å². The highest BCUT2D eigenvalue weighted by Crippen LogP contribution is 2.30. The number of esters is 1. The Kier molecular flexibility index (Phi) is 5.41. The fourth-order valence-corrected chi connectivity index (χ4v) is 2.25. The molecule has 2 aromatic carbocycles. The topological polar surface area (TPSA) is 123 Å². The highest BCUT2D eigenvalue weighted by atomic mass is 16.6. The Morgan fingerprint density at radius 1 is 1.04 bits per heavy atom. The average molecular weight is 372 g/mol. The summed E-state index contributed by atoms with van der Waals surface area (Å²) in [6, 6.07) is 12.7. The Bertz CT molecular complexity index is 868. The van der Waals surface area contributed by atoms with Crippen molar-refractivity contribution in [3.05, 3.63) is 54.1 Å². The zero-order valence-electron chi connectivity index (χ0n) is 14.0. The molecule has 0 fully saturated rings. The lowest BCUT2D eigenvalue weighted by atomic mass is 10.2. The van der Waals surface area contributed by atoms with Crippen LogP contribution in [-0.2, 0) is 14.3 Å². The van der Waals surface area contributed by atoms with Gasteiger partial charge in [-0.05, 0) is 24.3 Å². The van der Waals surface area contributed by atoms with Gasteiger partial charge in [0, 0.05) is 0 Å². The summed E-state index contributed by atoms with van der Waals surface area (Å²) in [4.78, 5) is 35.5. The van der Waals surface area contributed by atoms with E-state index in [1.54, 1.807) is 36.4 Å². The van der Waals surface area contributed by atoms with E-state index in [2.05, 4.69) is 10.9 Å². The first-order chi connectivity index (χ1) is 13.0. The molecule has 3 N–H and O–H groups in total. The van der Waals surface area contributed by atoms with Gasteiger partial charge in [-0.15, -0.1) is 0 Å². The standard InChI is InChI=1S/C18H16N2O7/c21-12-6-2-1-5-11(12)18(24)26-10-16(22)19-20-17(23)15-9-25-13-7-3-4-8-14(13)27-15/h1-8,15,21H,9-10H2,(H,19,22)(H,20,23)/t15-/m1/s1. The van der Waals surface area contributed by atoms with Crippen LogP contribution in [0.4, 0.5) is 0 Å². The van der Waals surface area contributed by atoms with Crippen molar-refractivity contribution in [2.24, 2.45) is 0 Å². The number of carbonyl (C=O) groups is 3. The van der Waals surface area contributed by atoms with Crippen molar-refractivity contribution >= 4 is 17.8 Å². The molecule has 0 aromatic heterocycles. The molecule has 9 nitrogen and oxygen atoms in total. The van der Waals surface area contributed by atoms with Crippen LogP contribution in [0.15, 0.2) is 48.5 Å². The first kappa shape index (κ1) is 18.1. The van der Waals surface area contributed by atoms with E-state index >= 15 is 0 Å². The lowest BCUT2D eigenvalue weighted by Crippen LogP contribution is -2.51. The molecule has 2 aromatic rings. The highest BCUT2D eigenvalue weighted by molar-refractivity contribution is 5.94. The van der Waals surface area contributed by atoms with Crippen LogP contribution in [0.3, 0.4) is 0 Å². The molecule has 1 heterocycles. The molecule has 140 valence electrons. The summed E-state index contributed by atoms with van der Waals surface area (Å²) in [5.41, 5.74) is 4.22. The summed E-state index contributed by atoms with van der Waals surface area (Å²) in [6.07, 6.45) is -0.941. The first-order valence-corrected chi connectivity index (χ1v) is 7.97. The molecule has 2 amide bonds. The van der Waals surface area contributed by atoms with Crippen LogP contribution in [0.5, 0.6) is 17.2 Å². The van der Waals surface area contributed by atoms with Gasteiger partial charge in [-0.1, -0.05) is 24.3 Å². The number of amides is 2. The molecule has 1 aliphatic rings. The SMILES string of the molecule is O=C(COC(=O)c1ccccc1O)NNC(=O)[C@H]1COc2ccccc2O1. The number of rotatable bonds is 4. The molecule has 1 aliphatic heterocycles. The van der Waals surface area contributed by atoms with Crippen LogP contribution in [0.25, 0.3) is 0 Å². The van der Waals surface area contributed by atoms with Crippen molar-refractivity contribution in [3.63, 3.8) is 0 Å². The van der Waals surface area contributed by atoms with Crippen molar-refractivity contribution in [2.75, 3.05) is 13.2 Å². The Hall–Kier alpha value is -3.75. The van der Waals surface area contributed by atoms with E-state index < -0.39 is 30.5 Å². The van der Waals surface area contributed by atoms with Crippen molar-refractivity contribution < 1.29 is 33.7 Å². The summed E-state index contributed by atoms with van der Waals surface area (Å²) < 4.78 is 15.7. The molecule has 0 saturated carbocycles. The van der Waals surface area contributed by atoms with E-state index in [4.69, 9.17) is 14.2 Å². The molecular weight excluding hydrogens is 356 g/mol. The van der Waals surface area contributed by atoms with Crippen molar-refractivity contribution in [2.45, 2.75) is 6.10 Å². The summed E-state index contributed by atoms with van der Waals surface area (Å²) in [5, 5.41) is 9.55. The molecular formula is C18H16N2O7. The summed E-state index contributed by atoms with van der Waals surface area (Å²) >= 11 is 0. The molecule has 9 heteroatoms. The second-order valence-corrected chi connectivity index (χ2v) is 5.49. The lowest BCUT2D eigenvalue weighted by Gasteiger charge is -2.25. The fourth-order valence-electron chi connectivity index (χ4n) is 2.25. The number of hydrazine groups is 1. The van der Waals surface area contributed by atoms with Crippen LogP contribution in [-0.4, -0.2) is 42.2 Å². The maximum absolute atomic E-state index is 12.0. The fraction of sp³-hybridized carbons (Fsp3) is 0.167. The summed E-state index contributed by atoms with van der Waals surface area (Å²) in [7, 11) is 0. The number of nitrogens with one attached hydrogen (secondary N) is 2. The average Bonchev–Trinajstić information content (AvgIpc) is 2.70. The Morgan fingerprint density at radius 3 is 2.52 bits per heavy atom. The third-order valence-electron chi connectivity index (χ3n) is 3.58. The second-order valence-electron chi connectivity index (χ2n) is 5.49. The van der Waals surface area contributed by atoms with E-state index in [0.29, 0.717) is 11.5 Å². The normalized spacial score (nSPS) is 14.7. The number of para-hydroxylation sites is 3. The van der Waals surface area contributed by atoms with Gasteiger partial charge in [-0.3, -0.25) is 20.4 Å². The molecule has 0 spiro atoms. The number of fused-ring (bicyclic) bond motifs is 1. The van der Waals surface area contributed by atoms with Crippen molar-refractivity contribution in [1.29, 1.82) is 0 Å². The van der Waals surface area contributed by atoms with E-state index in [1.807, 2.05) is 0 Å². The van der Waals surface area contributed by atoms with Crippen LogP contribution >= 0.6 is 0 Å². The molecule has 0 aliphatic carbocycles. The van der Waals surface area contributed by atoms with Gasteiger partial charge in [0.05, 0.1) is 0 Å². The minimum absolute atomic E-state index is 0.0129. The lowest BCUT2D eigenvalue weighted by molar-refractivity contribution is -0.135. The van der Waals surface area contributed by atoms with Crippen LogP contribution in [0.2, 0.25) is 0 Å². The number of hydrogen-bond acceptors (Lipinski definition) is 7. The van der Waals surface area contributed by atoms with Crippen LogP contribution in [0.1, 0.15) is 10.4 Å². The van der Waals surface area contributed by atoms with Gasteiger partial charge in [0.15, 0.2) is 18.1 Å². The monoisotopic (exact) mass is 372 g/mol. The predicted molar refractivity (Wildman–Crippen MR) is 91.0 cm³/mol. The number of hydrogen-bond donors (Lipinski definition) is 3. The third-order valence-corrected chi connectivity index (χ3v) is 3.58. The van der Waals surface area contributed by atoms with E-state index in [9.17, 15) is 19.5 Å². The molecule has 1 atom stereocenters. The van der Waals surface area contributed by atoms with E-state index in [-0.39, 0.29) is 17.9 Å². The number of phenolic OH excluding ortho intramolecular Hbond substituents is 1. The minimum atomic E-state index is -0.941. The Morgan fingerprint density at radius 2 is 1.74 bits per heavy atom. The van der Waals surface area contributed by atoms with Gasteiger partial charge in [0.1, 0.15) is 17.9 Å². The molecule has 0 bridgehead atoms. The third kappa shape index (κ3) is 4.46. The molecule has 0 saturated heterocycles. The number of ether oxygens (including phenoxy) is 3. The smallest absolute Gasteiger partial charge is 0.342 e. The zero-order chi connectivity index (χ0) is 19.2. The number of carbonyl (C=O) groups excluding carboxylic acids is 3. The zero-order valence-corrected chi connectivity index (χ0v) is 14.0. The molecule has 27 heavy (non-hydrogen) atoms. The Balaban J connectivity index is 1.43. The predicted octanol–water partition coefficient (Wildman–Crippen LogP) is 0.536. The van der Waals surface area contributed by atoms with Gasteiger partial charge < -0.3 is 19.3 Å². The largest absolute Gasteiger partial charge is 0.507 e. The quantitative estimate of drug-likeness (QED) is 0.529. The van der Waals surface area contributed by atoms with Crippen LogP contribution in [0, 0.1) is 0 Å². The van der Waals surface area contributed by atoms with Gasteiger partial charge in [0.25, 0.3) is 11.8 Å². The van der Waals surface area contributed by atoms with Gasteiger partial charge >= 0.3 is 5.97 Å². The second kappa shape index (κ2) is 8.09. The highest BCUT2D eigenvalue weighted by Gasteiger charge is 2.27. The van der Waals surface area contributed by atoms with E-state index in [1.165, 1.54) is 12.1 Å². The molecule has 0 radical (unpaired) electrons. The number of phenols is 1. The number of aromatic hydroxyl groups is 1. The maximum atomic E-state index is 12.0. The first-order valence-electron chi connectivity index (χ1n) is 7.97. The minimum Gasteiger partial charge on any atom is -0.507 e. The van der Waals surface area contributed by atoms with E-state index in [0.717, 1.165) is 0 Å². The van der Waals surface area contributed by atoms with Crippen LogP contribution < -0.4 is 20.3 Å². The summed E-state index contributed by atoms with van der Waals surface area (Å²) in [6.45, 7) is -0.653. The maximum Gasteiger partial charge on any atom is 0.342 e. The summed E-state index contributed by atoms with van der Waals surface area (Å²) in [5.74, 6) is -1.55. The molecule has 0 unspecified atom stereocenters. The Labute approximate surface area is 153 Å². The number of benzene rings is 2. The van der Waals surface area contributed by atoms with Gasteiger partial charge in [0.2, 0.25) is 6.10 Å².